The van der Waals surface area contributed by atoms with Crippen LogP contribution in [-0.4, -0.2) is 13.1 Å². The van der Waals surface area contributed by atoms with Crippen molar-refractivity contribution < 1.29 is 9.53 Å². The number of methoxy groups -OCH3 is 1. The fraction of sp³-hybridized carbons (Fsp3) is 0.353. The average Bonchev–Trinajstić information content (AvgIpc) is 2.45. The summed E-state index contributed by atoms with van der Waals surface area (Å²) in [7, 11) is 1.40. The predicted molar refractivity (Wildman–Crippen MR) is 77.1 cm³/mol. The molecule has 2 nitrogen and oxygen atoms in total. The smallest absolute Gasteiger partial charge is 0.330 e. The van der Waals surface area contributed by atoms with Crippen LogP contribution in [-0.2, 0) is 9.53 Å². The first-order valence-electron chi connectivity index (χ1n) is 6.66. The van der Waals surface area contributed by atoms with Crippen LogP contribution in [0.25, 0.3) is 0 Å². The van der Waals surface area contributed by atoms with Crippen LogP contribution in [0.5, 0.6) is 0 Å². The van der Waals surface area contributed by atoms with Crippen molar-refractivity contribution in [3.63, 3.8) is 0 Å². The van der Waals surface area contributed by atoms with Gasteiger partial charge in [-0.2, -0.15) is 0 Å². The lowest BCUT2D eigenvalue weighted by atomic mass is 9.77. The molecule has 0 saturated heterocycles. The highest BCUT2D eigenvalue weighted by molar-refractivity contribution is 5.81. The van der Waals surface area contributed by atoms with E-state index in [1.165, 1.54) is 24.3 Å². The molecule has 0 bridgehead atoms. The second-order valence-electron chi connectivity index (χ2n) is 5.07. The number of fused-ring (bicyclic) bond motifs is 1. The quantitative estimate of drug-likeness (QED) is 0.467. The van der Waals surface area contributed by atoms with Crippen LogP contribution in [0.4, 0.5) is 0 Å². The summed E-state index contributed by atoms with van der Waals surface area (Å²) in [5.74, 6) is 0.759. The predicted octanol–water partition coefficient (Wildman–Crippen LogP) is 3.81. The van der Waals surface area contributed by atoms with Gasteiger partial charge >= 0.3 is 5.97 Å². The van der Waals surface area contributed by atoms with Crippen molar-refractivity contribution in [3.05, 3.63) is 59.7 Å². The molecule has 0 saturated carbocycles. The van der Waals surface area contributed by atoms with E-state index in [9.17, 15) is 4.79 Å². The van der Waals surface area contributed by atoms with Crippen LogP contribution in [0.1, 0.15) is 36.8 Å². The highest BCUT2D eigenvalue weighted by Gasteiger charge is 2.23. The van der Waals surface area contributed by atoms with Crippen molar-refractivity contribution >= 4 is 5.97 Å². The van der Waals surface area contributed by atoms with Crippen LogP contribution >= 0.6 is 0 Å². The number of carbonyl (C=O) groups excluding carboxylic acids is 1. The summed E-state index contributed by atoms with van der Waals surface area (Å²) in [4.78, 5) is 11.2. The molecule has 0 radical (unpaired) electrons. The van der Waals surface area contributed by atoms with Gasteiger partial charge in [-0.1, -0.05) is 56.3 Å². The SMILES string of the molecule is COC(=O)/C=C/[C@@H](C)[C@@H]1C=C[C@@H](C)c2ccccc21. The van der Waals surface area contributed by atoms with Crippen molar-refractivity contribution in [1.29, 1.82) is 0 Å². The minimum Gasteiger partial charge on any atom is -0.466 e. The van der Waals surface area contributed by atoms with Crippen molar-refractivity contribution in [2.45, 2.75) is 25.7 Å². The van der Waals surface area contributed by atoms with E-state index in [1.54, 1.807) is 0 Å². The van der Waals surface area contributed by atoms with Crippen molar-refractivity contribution in [1.82, 2.24) is 0 Å². The molecule has 0 unspecified atom stereocenters. The zero-order valence-corrected chi connectivity index (χ0v) is 11.7. The minimum absolute atomic E-state index is 0.268. The molecule has 3 atom stereocenters. The Morgan fingerprint density at radius 3 is 2.63 bits per heavy atom. The second kappa shape index (κ2) is 5.87. The summed E-state index contributed by atoms with van der Waals surface area (Å²) in [5, 5.41) is 0. The van der Waals surface area contributed by atoms with Gasteiger partial charge in [0, 0.05) is 12.0 Å². The summed E-state index contributed by atoms with van der Waals surface area (Å²) >= 11 is 0. The fourth-order valence-electron chi connectivity index (χ4n) is 2.60. The average molecular weight is 256 g/mol. The fourth-order valence-corrected chi connectivity index (χ4v) is 2.60. The molecule has 0 fully saturated rings. The van der Waals surface area contributed by atoms with Gasteiger partial charge in [-0.05, 0) is 23.0 Å². The van der Waals surface area contributed by atoms with Crippen molar-refractivity contribution in [2.24, 2.45) is 5.92 Å². The van der Waals surface area contributed by atoms with Gasteiger partial charge in [0.05, 0.1) is 7.11 Å². The van der Waals surface area contributed by atoms with Gasteiger partial charge in [0.15, 0.2) is 0 Å². The minimum atomic E-state index is -0.298. The van der Waals surface area contributed by atoms with E-state index in [1.807, 2.05) is 6.08 Å². The molecule has 1 aromatic carbocycles. The van der Waals surface area contributed by atoms with Gasteiger partial charge in [0.25, 0.3) is 0 Å². The molecular weight excluding hydrogens is 236 g/mol. The van der Waals surface area contributed by atoms with Crippen LogP contribution in [0, 0.1) is 5.92 Å². The maximum Gasteiger partial charge on any atom is 0.330 e. The maximum absolute atomic E-state index is 11.2. The molecule has 19 heavy (non-hydrogen) atoms. The van der Waals surface area contributed by atoms with Crippen LogP contribution in [0.2, 0.25) is 0 Å². The normalized spacial score (nSPS) is 23.1. The summed E-state index contributed by atoms with van der Waals surface area (Å²) in [6.07, 6.45) is 7.93. The van der Waals surface area contributed by atoms with Crippen LogP contribution in [0.15, 0.2) is 48.6 Å². The van der Waals surface area contributed by atoms with E-state index in [0.717, 1.165) is 0 Å². The molecular formula is C17H20O2. The van der Waals surface area contributed by atoms with Gasteiger partial charge in [0.1, 0.15) is 0 Å². The van der Waals surface area contributed by atoms with E-state index in [2.05, 4.69) is 55.0 Å². The third-order valence-electron chi connectivity index (χ3n) is 3.76. The van der Waals surface area contributed by atoms with E-state index in [0.29, 0.717) is 11.8 Å². The van der Waals surface area contributed by atoms with Gasteiger partial charge in [0.2, 0.25) is 0 Å². The highest BCUT2D eigenvalue weighted by atomic mass is 16.5. The highest BCUT2D eigenvalue weighted by Crippen LogP contribution is 2.37. The first-order valence-corrected chi connectivity index (χ1v) is 6.66. The Bertz CT molecular complexity index is 514. The topological polar surface area (TPSA) is 26.3 Å². The van der Waals surface area contributed by atoms with Gasteiger partial charge in [-0.25, -0.2) is 4.79 Å². The number of allylic oxidation sites excluding steroid dienone is 3. The third kappa shape index (κ3) is 2.95. The number of ether oxygens (including phenoxy) is 1. The number of rotatable bonds is 3. The van der Waals surface area contributed by atoms with Crippen molar-refractivity contribution in [3.8, 4) is 0 Å². The molecule has 0 heterocycles. The Kier molecular flexibility index (Phi) is 4.20. The standard InChI is InChI=1S/C17H20O2/c1-12-8-10-15(13(2)9-11-17(18)19-3)16-7-5-4-6-14(12)16/h4-13,15H,1-3H3/b11-9+/t12-,13-,15+/m1/s1. The Morgan fingerprint density at radius 1 is 1.26 bits per heavy atom. The Hall–Kier alpha value is -1.83. The first-order chi connectivity index (χ1) is 9.13. The molecule has 1 aliphatic rings. The maximum atomic E-state index is 11.2. The molecule has 2 heteroatoms. The first kappa shape index (κ1) is 13.6. The van der Waals surface area contributed by atoms with Crippen molar-refractivity contribution in [2.75, 3.05) is 7.11 Å². The molecule has 100 valence electrons. The molecule has 0 N–H and O–H groups in total. The molecule has 2 rings (SSSR count). The molecule has 0 aromatic heterocycles. The van der Waals surface area contributed by atoms with Gasteiger partial charge in [-0.3, -0.25) is 0 Å². The molecule has 0 aliphatic heterocycles. The molecule has 0 amide bonds. The van der Waals surface area contributed by atoms with E-state index >= 15 is 0 Å². The van der Waals surface area contributed by atoms with Crippen LogP contribution < -0.4 is 0 Å². The number of esters is 1. The van der Waals surface area contributed by atoms with Gasteiger partial charge in [-0.15, -0.1) is 0 Å². The molecule has 0 spiro atoms. The summed E-state index contributed by atoms with van der Waals surface area (Å²) in [6, 6.07) is 8.53. The van der Waals surface area contributed by atoms with E-state index < -0.39 is 0 Å². The zero-order chi connectivity index (χ0) is 13.8. The van der Waals surface area contributed by atoms with E-state index in [4.69, 9.17) is 0 Å². The Labute approximate surface area is 114 Å². The number of hydrogen-bond acceptors (Lipinski definition) is 2. The third-order valence-corrected chi connectivity index (χ3v) is 3.76. The van der Waals surface area contributed by atoms with E-state index in [-0.39, 0.29) is 11.9 Å². The monoisotopic (exact) mass is 256 g/mol. The number of hydrogen-bond donors (Lipinski definition) is 0. The lowest BCUT2D eigenvalue weighted by Gasteiger charge is -2.27. The van der Waals surface area contributed by atoms with Crippen LogP contribution in [0.3, 0.4) is 0 Å². The number of benzene rings is 1. The number of carbonyl (C=O) groups is 1. The summed E-state index contributed by atoms with van der Waals surface area (Å²) in [5.41, 5.74) is 2.74. The zero-order valence-electron chi connectivity index (χ0n) is 11.7. The van der Waals surface area contributed by atoms with Gasteiger partial charge < -0.3 is 4.74 Å². The second-order valence-corrected chi connectivity index (χ2v) is 5.07. The Morgan fingerprint density at radius 2 is 1.95 bits per heavy atom. The Balaban J connectivity index is 2.24. The molecule has 1 aromatic rings. The lowest BCUT2D eigenvalue weighted by molar-refractivity contribution is -0.134. The summed E-state index contributed by atoms with van der Waals surface area (Å²) in [6.45, 7) is 4.34. The molecule has 1 aliphatic carbocycles. The largest absolute Gasteiger partial charge is 0.466 e. The lowest BCUT2D eigenvalue weighted by Crippen LogP contribution is -2.13. The summed E-state index contributed by atoms with van der Waals surface area (Å²) < 4.78 is 4.63.